The SMILES string of the molecule is COc1ccc(OC(F)F)c(NCC(O)CCl)c1. The number of hydrogen-bond donors (Lipinski definition) is 2. The van der Waals surface area contributed by atoms with Gasteiger partial charge in [0.2, 0.25) is 0 Å². The summed E-state index contributed by atoms with van der Waals surface area (Å²) in [7, 11) is 1.46. The maximum absolute atomic E-state index is 12.2. The van der Waals surface area contributed by atoms with Crippen molar-refractivity contribution >= 4 is 17.3 Å². The summed E-state index contributed by atoms with van der Waals surface area (Å²) in [4.78, 5) is 0. The number of alkyl halides is 3. The first kappa shape index (κ1) is 14.8. The molecule has 7 heteroatoms. The van der Waals surface area contributed by atoms with Crippen LogP contribution in [0.3, 0.4) is 0 Å². The van der Waals surface area contributed by atoms with Gasteiger partial charge in [0, 0.05) is 12.6 Å². The molecule has 0 fully saturated rings. The van der Waals surface area contributed by atoms with Gasteiger partial charge in [-0.25, -0.2) is 0 Å². The van der Waals surface area contributed by atoms with E-state index in [-0.39, 0.29) is 18.2 Å². The average molecular weight is 282 g/mol. The van der Waals surface area contributed by atoms with E-state index >= 15 is 0 Å². The van der Waals surface area contributed by atoms with Crippen LogP contribution in [0, 0.1) is 0 Å². The lowest BCUT2D eigenvalue weighted by atomic mass is 10.2. The largest absolute Gasteiger partial charge is 0.497 e. The molecule has 18 heavy (non-hydrogen) atoms. The van der Waals surface area contributed by atoms with Crippen LogP contribution in [-0.4, -0.2) is 37.4 Å². The third-order valence-corrected chi connectivity index (χ3v) is 2.47. The highest BCUT2D eigenvalue weighted by atomic mass is 35.5. The van der Waals surface area contributed by atoms with Crippen molar-refractivity contribution in [1.82, 2.24) is 0 Å². The summed E-state index contributed by atoms with van der Waals surface area (Å²) in [6.45, 7) is -2.80. The zero-order valence-corrected chi connectivity index (χ0v) is 10.5. The fourth-order valence-electron chi connectivity index (χ4n) is 1.26. The molecule has 0 bridgehead atoms. The Morgan fingerprint density at radius 2 is 2.17 bits per heavy atom. The lowest BCUT2D eigenvalue weighted by Gasteiger charge is -2.15. The molecule has 0 aliphatic heterocycles. The molecule has 4 nitrogen and oxygen atoms in total. The van der Waals surface area contributed by atoms with E-state index in [2.05, 4.69) is 10.1 Å². The van der Waals surface area contributed by atoms with Gasteiger partial charge in [0.15, 0.2) is 0 Å². The molecule has 0 aliphatic rings. The molecule has 1 atom stereocenters. The molecule has 0 radical (unpaired) electrons. The molecule has 0 amide bonds. The van der Waals surface area contributed by atoms with Crippen LogP contribution in [0.5, 0.6) is 11.5 Å². The van der Waals surface area contributed by atoms with Gasteiger partial charge in [0.05, 0.1) is 24.8 Å². The van der Waals surface area contributed by atoms with E-state index in [1.807, 2.05) is 0 Å². The Balaban J connectivity index is 2.82. The number of benzene rings is 1. The molecule has 102 valence electrons. The first-order valence-corrected chi connectivity index (χ1v) is 5.71. The highest BCUT2D eigenvalue weighted by Gasteiger charge is 2.12. The molecule has 0 aliphatic carbocycles. The van der Waals surface area contributed by atoms with Gasteiger partial charge >= 0.3 is 6.61 Å². The van der Waals surface area contributed by atoms with Crippen LogP contribution in [0.4, 0.5) is 14.5 Å². The molecular weight excluding hydrogens is 268 g/mol. The molecule has 2 N–H and O–H groups in total. The number of nitrogens with one attached hydrogen (secondary N) is 1. The van der Waals surface area contributed by atoms with Crippen molar-refractivity contribution in [2.24, 2.45) is 0 Å². The molecule has 0 saturated heterocycles. The average Bonchev–Trinajstić information content (AvgIpc) is 2.36. The topological polar surface area (TPSA) is 50.7 Å². The van der Waals surface area contributed by atoms with Crippen molar-refractivity contribution < 1.29 is 23.4 Å². The van der Waals surface area contributed by atoms with Gasteiger partial charge in [-0.3, -0.25) is 0 Å². The van der Waals surface area contributed by atoms with E-state index in [1.165, 1.54) is 25.3 Å². The van der Waals surface area contributed by atoms with E-state index in [1.54, 1.807) is 0 Å². The van der Waals surface area contributed by atoms with Gasteiger partial charge in [0.1, 0.15) is 11.5 Å². The second-order valence-corrected chi connectivity index (χ2v) is 3.74. The third-order valence-electron chi connectivity index (χ3n) is 2.11. The van der Waals surface area contributed by atoms with Gasteiger partial charge in [-0.1, -0.05) is 0 Å². The Morgan fingerprint density at radius 1 is 1.44 bits per heavy atom. The summed E-state index contributed by atoms with van der Waals surface area (Å²) < 4.78 is 33.7. The Morgan fingerprint density at radius 3 is 2.72 bits per heavy atom. The standard InChI is InChI=1S/C11H14ClF2NO3/c1-17-8-2-3-10(18-11(13)14)9(4-8)15-6-7(16)5-12/h2-4,7,11,15-16H,5-6H2,1H3. The van der Waals surface area contributed by atoms with Gasteiger partial charge in [-0.2, -0.15) is 8.78 Å². The number of halogens is 3. The minimum Gasteiger partial charge on any atom is -0.497 e. The number of methoxy groups -OCH3 is 1. The van der Waals surface area contributed by atoms with Crippen LogP contribution in [0.15, 0.2) is 18.2 Å². The predicted molar refractivity (Wildman–Crippen MR) is 64.8 cm³/mol. The Hall–Kier alpha value is -1.27. The maximum Gasteiger partial charge on any atom is 0.387 e. The summed E-state index contributed by atoms with van der Waals surface area (Å²) in [5, 5.41) is 12.1. The Bertz CT molecular complexity index is 379. The van der Waals surface area contributed by atoms with Crippen LogP contribution >= 0.6 is 11.6 Å². The minimum atomic E-state index is -2.92. The van der Waals surface area contributed by atoms with E-state index < -0.39 is 12.7 Å². The zero-order chi connectivity index (χ0) is 13.5. The van der Waals surface area contributed by atoms with Crippen molar-refractivity contribution in [3.63, 3.8) is 0 Å². The summed E-state index contributed by atoms with van der Waals surface area (Å²) in [5.41, 5.74) is 0.304. The Labute approximate surface area is 108 Å². The van der Waals surface area contributed by atoms with Crippen LogP contribution in [-0.2, 0) is 0 Å². The Kier molecular flexibility index (Phi) is 5.94. The number of aliphatic hydroxyl groups is 1. The lowest BCUT2D eigenvalue weighted by Crippen LogP contribution is -2.21. The van der Waals surface area contributed by atoms with Crippen molar-refractivity contribution in [2.45, 2.75) is 12.7 Å². The van der Waals surface area contributed by atoms with E-state index in [9.17, 15) is 13.9 Å². The highest BCUT2D eigenvalue weighted by Crippen LogP contribution is 2.30. The maximum atomic E-state index is 12.2. The summed E-state index contributed by atoms with van der Waals surface area (Å²) >= 11 is 5.43. The van der Waals surface area contributed by atoms with Crippen molar-refractivity contribution in [3.8, 4) is 11.5 Å². The monoisotopic (exact) mass is 281 g/mol. The van der Waals surface area contributed by atoms with Gasteiger partial charge < -0.3 is 19.9 Å². The van der Waals surface area contributed by atoms with Crippen LogP contribution in [0.2, 0.25) is 0 Å². The van der Waals surface area contributed by atoms with E-state index in [0.29, 0.717) is 11.4 Å². The minimum absolute atomic E-state index is 0.0208. The first-order valence-electron chi connectivity index (χ1n) is 5.17. The zero-order valence-electron chi connectivity index (χ0n) is 9.70. The van der Waals surface area contributed by atoms with Crippen molar-refractivity contribution in [1.29, 1.82) is 0 Å². The number of hydrogen-bond acceptors (Lipinski definition) is 4. The van der Waals surface area contributed by atoms with Gasteiger partial charge in [-0.15, -0.1) is 11.6 Å². The number of ether oxygens (including phenoxy) is 2. The fraction of sp³-hybridized carbons (Fsp3) is 0.455. The van der Waals surface area contributed by atoms with Crippen molar-refractivity contribution in [2.75, 3.05) is 24.9 Å². The lowest BCUT2D eigenvalue weighted by molar-refractivity contribution is -0.0494. The number of anilines is 1. The predicted octanol–water partition coefficient (Wildman–Crippen LogP) is 2.31. The number of aliphatic hydroxyl groups excluding tert-OH is 1. The molecule has 0 saturated carbocycles. The van der Waals surface area contributed by atoms with Crippen LogP contribution in [0.25, 0.3) is 0 Å². The van der Waals surface area contributed by atoms with Gasteiger partial charge in [-0.05, 0) is 12.1 Å². The molecule has 1 rings (SSSR count). The molecular formula is C11H14ClF2NO3. The summed E-state index contributed by atoms with van der Waals surface area (Å²) in [6.07, 6.45) is -0.780. The van der Waals surface area contributed by atoms with E-state index in [4.69, 9.17) is 16.3 Å². The molecule has 1 aromatic carbocycles. The first-order chi connectivity index (χ1) is 8.56. The second-order valence-electron chi connectivity index (χ2n) is 3.43. The summed E-state index contributed by atoms with van der Waals surface area (Å²) in [6, 6.07) is 4.36. The quantitative estimate of drug-likeness (QED) is 0.753. The molecule has 0 spiro atoms. The molecule has 1 aromatic rings. The second kappa shape index (κ2) is 7.23. The smallest absolute Gasteiger partial charge is 0.387 e. The van der Waals surface area contributed by atoms with Crippen molar-refractivity contribution in [3.05, 3.63) is 18.2 Å². The molecule has 0 aromatic heterocycles. The van der Waals surface area contributed by atoms with Crippen LogP contribution < -0.4 is 14.8 Å². The number of rotatable bonds is 7. The fourth-order valence-corrected chi connectivity index (χ4v) is 1.36. The van der Waals surface area contributed by atoms with Gasteiger partial charge in [0.25, 0.3) is 0 Å². The highest BCUT2D eigenvalue weighted by molar-refractivity contribution is 6.18. The third kappa shape index (κ3) is 4.54. The normalized spacial score (nSPS) is 12.3. The molecule has 1 unspecified atom stereocenters. The summed E-state index contributed by atoms with van der Waals surface area (Å²) in [5.74, 6) is 0.509. The molecule has 0 heterocycles. The van der Waals surface area contributed by atoms with E-state index in [0.717, 1.165) is 0 Å². The van der Waals surface area contributed by atoms with Crippen LogP contribution in [0.1, 0.15) is 0 Å².